The van der Waals surface area contributed by atoms with Gasteiger partial charge in [-0.05, 0) is 37.3 Å². The molecule has 3 aromatic rings. The molecule has 1 fully saturated rings. The summed E-state index contributed by atoms with van der Waals surface area (Å²) >= 11 is 0. The monoisotopic (exact) mass is 406 g/mol. The van der Waals surface area contributed by atoms with Crippen molar-refractivity contribution in [2.45, 2.75) is 25.4 Å². The second kappa shape index (κ2) is 8.15. The molecule has 1 unspecified atom stereocenters. The molecule has 0 bridgehead atoms. The predicted octanol–water partition coefficient (Wildman–Crippen LogP) is 1.96. The van der Waals surface area contributed by atoms with Gasteiger partial charge in [0, 0.05) is 44.5 Å². The second-order valence-electron chi connectivity index (χ2n) is 7.38. The molecule has 0 aliphatic carbocycles. The van der Waals surface area contributed by atoms with Crippen LogP contribution in [0.15, 0.2) is 49.3 Å². The smallest absolute Gasteiger partial charge is 0.274 e. The Kier molecular flexibility index (Phi) is 5.06. The highest BCUT2D eigenvalue weighted by molar-refractivity contribution is 6.04. The fourth-order valence-electron chi connectivity index (χ4n) is 4.06. The number of pyridine rings is 1. The largest absolute Gasteiger partial charge is 0.381 e. The van der Waals surface area contributed by atoms with Gasteiger partial charge >= 0.3 is 0 Å². The molecule has 1 atom stereocenters. The molecule has 1 amide bonds. The lowest BCUT2D eigenvalue weighted by atomic mass is 9.96. The number of carbonyl (C=O) groups excluding carboxylic acids is 1. The third kappa shape index (κ3) is 3.39. The molecule has 5 heterocycles. The zero-order valence-corrected chi connectivity index (χ0v) is 16.4. The summed E-state index contributed by atoms with van der Waals surface area (Å²) in [6.07, 6.45) is 12.1. The van der Waals surface area contributed by atoms with Crippen LogP contribution in [0.4, 0.5) is 17.3 Å². The van der Waals surface area contributed by atoms with Gasteiger partial charge in [-0.25, -0.2) is 14.6 Å². The summed E-state index contributed by atoms with van der Waals surface area (Å²) in [5.74, 6) is 1.56. The van der Waals surface area contributed by atoms with Crippen molar-refractivity contribution in [2.24, 2.45) is 5.92 Å². The van der Waals surface area contributed by atoms with Gasteiger partial charge in [-0.1, -0.05) is 5.21 Å². The molecule has 0 spiro atoms. The van der Waals surface area contributed by atoms with Gasteiger partial charge in [-0.15, -0.1) is 5.10 Å². The van der Waals surface area contributed by atoms with Crippen LogP contribution in [0, 0.1) is 5.92 Å². The number of anilines is 3. The van der Waals surface area contributed by atoms with E-state index in [1.54, 1.807) is 46.8 Å². The van der Waals surface area contributed by atoms with Crippen LogP contribution in [-0.2, 0) is 9.53 Å². The Labute approximate surface area is 173 Å². The van der Waals surface area contributed by atoms with Crippen molar-refractivity contribution < 1.29 is 9.53 Å². The minimum atomic E-state index is -0.754. The van der Waals surface area contributed by atoms with Crippen molar-refractivity contribution >= 4 is 23.2 Å². The van der Waals surface area contributed by atoms with Crippen LogP contribution in [0.5, 0.6) is 0 Å². The third-order valence-electron chi connectivity index (χ3n) is 5.59. The summed E-state index contributed by atoms with van der Waals surface area (Å²) < 4.78 is 7.01. The van der Waals surface area contributed by atoms with Gasteiger partial charge in [-0.2, -0.15) is 0 Å². The lowest BCUT2D eigenvalue weighted by molar-refractivity contribution is -0.122. The fraction of sp³-hybridized carbons (Fsp3) is 0.400. The number of fused-ring (bicyclic) bond motifs is 1. The lowest BCUT2D eigenvalue weighted by Gasteiger charge is -2.40. The fourth-order valence-corrected chi connectivity index (χ4v) is 4.06. The maximum absolute atomic E-state index is 13.7. The van der Waals surface area contributed by atoms with Crippen molar-refractivity contribution in [3.63, 3.8) is 0 Å². The van der Waals surface area contributed by atoms with E-state index in [1.165, 1.54) is 0 Å². The molecule has 0 N–H and O–H groups in total. The Morgan fingerprint density at radius 1 is 1.07 bits per heavy atom. The van der Waals surface area contributed by atoms with Crippen LogP contribution >= 0.6 is 0 Å². The van der Waals surface area contributed by atoms with E-state index in [4.69, 9.17) is 4.74 Å². The number of rotatable bonds is 5. The number of hydrogen-bond donors (Lipinski definition) is 0. The van der Waals surface area contributed by atoms with E-state index >= 15 is 0 Å². The Morgan fingerprint density at radius 2 is 1.90 bits per heavy atom. The zero-order chi connectivity index (χ0) is 20.3. The Hall–Kier alpha value is -3.40. The molecule has 10 heteroatoms. The summed E-state index contributed by atoms with van der Waals surface area (Å²) in [6.45, 7) is 2.14. The zero-order valence-electron chi connectivity index (χ0n) is 16.4. The number of amides is 1. The molecule has 2 aliphatic heterocycles. The lowest BCUT2D eigenvalue weighted by Crippen LogP contribution is -2.50. The Bertz CT molecular complexity index is 991. The van der Waals surface area contributed by atoms with E-state index < -0.39 is 6.17 Å². The molecule has 0 aromatic carbocycles. The highest BCUT2D eigenvalue weighted by Gasteiger charge is 2.42. The van der Waals surface area contributed by atoms with E-state index in [9.17, 15) is 4.79 Å². The summed E-state index contributed by atoms with van der Waals surface area (Å²) in [7, 11) is 0. The van der Waals surface area contributed by atoms with Gasteiger partial charge < -0.3 is 4.74 Å². The van der Waals surface area contributed by atoms with E-state index in [-0.39, 0.29) is 5.91 Å². The number of aromatic nitrogens is 6. The van der Waals surface area contributed by atoms with Crippen molar-refractivity contribution in [2.75, 3.05) is 29.6 Å². The van der Waals surface area contributed by atoms with E-state index in [1.807, 2.05) is 17.0 Å². The maximum atomic E-state index is 13.7. The summed E-state index contributed by atoms with van der Waals surface area (Å²) in [4.78, 5) is 30.6. The maximum Gasteiger partial charge on any atom is 0.274 e. The van der Waals surface area contributed by atoms with Crippen molar-refractivity contribution in [1.29, 1.82) is 0 Å². The topological polar surface area (TPSA) is 102 Å². The first-order valence-corrected chi connectivity index (χ1v) is 10.1. The minimum Gasteiger partial charge on any atom is -0.381 e. The SMILES string of the molecule is O=C1C(n2ccnn2)N(c2cccnc2)c2nccnc2N1CCC1CCOCC1. The van der Waals surface area contributed by atoms with Gasteiger partial charge in [0.2, 0.25) is 6.17 Å². The molecular formula is C20H22N8O2. The first-order chi connectivity index (χ1) is 14.8. The highest BCUT2D eigenvalue weighted by atomic mass is 16.5. The molecule has 3 aromatic heterocycles. The van der Waals surface area contributed by atoms with Crippen LogP contribution in [-0.4, -0.2) is 55.6 Å². The van der Waals surface area contributed by atoms with Crippen LogP contribution < -0.4 is 9.80 Å². The van der Waals surface area contributed by atoms with Gasteiger partial charge in [0.1, 0.15) is 0 Å². The molecule has 2 aliphatic rings. The number of nitrogens with zero attached hydrogens (tertiary/aromatic N) is 8. The van der Waals surface area contributed by atoms with E-state index in [2.05, 4.69) is 25.3 Å². The Balaban J connectivity index is 1.55. The standard InChI is InChI=1S/C20H22N8O2/c29-20-19(27-11-9-24-25-27)28(16-2-1-6-21-14-16)18-17(22-7-8-23-18)26(20)10-3-15-4-12-30-13-5-15/h1-2,6-9,11,14-15,19H,3-5,10,12-13H2. The summed E-state index contributed by atoms with van der Waals surface area (Å²) in [6, 6.07) is 3.71. The minimum absolute atomic E-state index is 0.121. The third-order valence-corrected chi connectivity index (χ3v) is 5.59. The van der Waals surface area contributed by atoms with Gasteiger partial charge in [0.15, 0.2) is 11.6 Å². The molecule has 0 saturated carbocycles. The molecule has 5 rings (SSSR count). The Morgan fingerprint density at radius 3 is 2.63 bits per heavy atom. The molecule has 10 nitrogen and oxygen atoms in total. The van der Waals surface area contributed by atoms with Crippen LogP contribution in [0.3, 0.4) is 0 Å². The van der Waals surface area contributed by atoms with Crippen LogP contribution in [0.2, 0.25) is 0 Å². The average Bonchev–Trinajstić information content (AvgIpc) is 3.33. The van der Waals surface area contributed by atoms with Crippen molar-refractivity contribution in [1.82, 2.24) is 29.9 Å². The normalized spacial score (nSPS) is 19.7. The van der Waals surface area contributed by atoms with Crippen molar-refractivity contribution in [3.05, 3.63) is 49.3 Å². The van der Waals surface area contributed by atoms with E-state index in [0.717, 1.165) is 38.2 Å². The number of hydrogen-bond acceptors (Lipinski definition) is 8. The molecule has 30 heavy (non-hydrogen) atoms. The first kappa shape index (κ1) is 18.6. The van der Waals surface area contributed by atoms with Gasteiger partial charge in [0.25, 0.3) is 5.91 Å². The van der Waals surface area contributed by atoms with Crippen LogP contribution in [0.1, 0.15) is 25.4 Å². The van der Waals surface area contributed by atoms with Gasteiger partial charge in [0.05, 0.1) is 18.1 Å². The summed E-state index contributed by atoms with van der Waals surface area (Å²) in [5, 5.41) is 8.03. The number of carbonyl (C=O) groups is 1. The molecule has 1 saturated heterocycles. The average molecular weight is 406 g/mol. The van der Waals surface area contributed by atoms with Gasteiger partial charge in [-0.3, -0.25) is 19.6 Å². The molecular weight excluding hydrogens is 384 g/mol. The molecule has 0 radical (unpaired) electrons. The van der Waals surface area contributed by atoms with Crippen molar-refractivity contribution in [3.8, 4) is 0 Å². The van der Waals surface area contributed by atoms with E-state index in [0.29, 0.717) is 24.1 Å². The van der Waals surface area contributed by atoms with Crippen LogP contribution in [0.25, 0.3) is 0 Å². The summed E-state index contributed by atoms with van der Waals surface area (Å²) in [5.41, 5.74) is 0.733. The quantitative estimate of drug-likeness (QED) is 0.634. The molecule has 154 valence electrons. The number of ether oxygens (including phenoxy) is 1. The second-order valence-corrected chi connectivity index (χ2v) is 7.38. The predicted molar refractivity (Wildman–Crippen MR) is 108 cm³/mol. The first-order valence-electron chi connectivity index (χ1n) is 10.1. The highest BCUT2D eigenvalue weighted by Crippen LogP contribution is 2.41.